The molecular formula is C13H16BrF2NO. The first kappa shape index (κ1) is 13.9. The van der Waals surface area contributed by atoms with Gasteiger partial charge in [0.1, 0.15) is 11.6 Å². The summed E-state index contributed by atoms with van der Waals surface area (Å²) in [6, 6.07) is 1.78. The Morgan fingerprint density at radius 1 is 1.33 bits per heavy atom. The molecule has 1 atom stereocenters. The van der Waals surface area contributed by atoms with Gasteiger partial charge in [-0.1, -0.05) is 12.8 Å². The van der Waals surface area contributed by atoms with E-state index in [0.29, 0.717) is 0 Å². The topological polar surface area (TPSA) is 35.2 Å². The summed E-state index contributed by atoms with van der Waals surface area (Å²) in [7, 11) is 1.55. The highest BCUT2D eigenvalue weighted by Crippen LogP contribution is 2.43. The van der Waals surface area contributed by atoms with E-state index in [9.17, 15) is 8.78 Å². The molecule has 1 aromatic rings. The van der Waals surface area contributed by atoms with Crippen LogP contribution >= 0.6 is 15.9 Å². The van der Waals surface area contributed by atoms with Gasteiger partial charge < -0.3 is 10.5 Å². The second-order valence-corrected chi connectivity index (χ2v) is 5.56. The molecule has 0 amide bonds. The molecule has 5 heteroatoms. The molecule has 0 radical (unpaired) electrons. The Hall–Kier alpha value is -0.520. The standard InChI is InChI=1S/C13H16BrF2NO/c1-18-13(6-2-3-7-13)12(17)10-9(15)5-4-8(14)11(10)16/h4-5,12H,2-3,6-7,17H2,1H3. The number of rotatable bonds is 3. The van der Waals surface area contributed by atoms with Gasteiger partial charge in [0.15, 0.2) is 0 Å². The molecule has 1 aromatic carbocycles. The van der Waals surface area contributed by atoms with Crippen LogP contribution in [0.4, 0.5) is 8.78 Å². The number of hydrogen-bond acceptors (Lipinski definition) is 2. The van der Waals surface area contributed by atoms with Crippen LogP contribution in [0.25, 0.3) is 0 Å². The third-order valence-corrected chi connectivity index (χ3v) is 4.43. The Labute approximate surface area is 114 Å². The molecule has 2 nitrogen and oxygen atoms in total. The van der Waals surface area contributed by atoms with E-state index in [4.69, 9.17) is 10.5 Å². The highest BCUT2D eigenvalue weighted by atomic mass is 79.9. The quantitative estimate of drug-likeness (QED) is 0.862. The van der Waals surface area contributed by atoms with Crippen molar-refractivity contribution < 1.29 is 13.5 Å². The first-order valence-corrected chi connectivity index (χ1v) is 6.75. The van der Waals surface area contributed by atoms with E-state index < -0.39 is 23.3 Å². The zero-order valence-electron chi connectivity index (χ0n) is 10.2. The average Bonchev–Trinajstić information content (AvgIpc) is 2.84. The fraction of sp³-hybridized carbons (Fsp3) is 0.538. The lowest BCUT2D eigenvalue weighted by atomic mass is 9.87. The minimum absolute atomic E-state index is 0.0897. The van der Waals surface area contributed by atoms with Crippen molar-refractivity contribution in [3.05, 3.63) is 33.8 Å². The molecule has 0 saturated heterocycles. The van der Waals surface area contributed by atoms with Crippen LogP contribution in [0, 0.1) is 11.6 Å². The van der Waals surface area contributed by atoms with Gasteiger partial charge in [-0.15, -0.1) is 0 Å². The lowest BCUT2D eigenvalue weighted by molar-refractivity contribution is -0.0280. The molecule has 0 aromatic heterocycles. The van der Waals surface area contributed by atoms with Gasteiger partial charge in [0, 0.05) is 12.7 Å². The fourth-order valence-corrected chi connectivity index (χ4v) is 3.05. The summed E-state index contributed by atoms with van der Waals surface area (Å²) in [6.45, 7) is 0. The van der Waals surface area contributed by atoms with Crippen molar-refractivity contribution >= 4 is 15.9 Å². The van der Waals surface area contributed by atoms with Crippen LogP contribution in [0.15, 0.2) is 16.6 Å². The summed E-state index contributed by atoms with van der Waals surface area (Å²) in [6.07, 6.45) is 3.41. The summed E-state index contributed by atoms with van der Waals surface area (Å²) < 4.78 is 33.6. The molecule has 1 fully saturated rings. The molecular weight excluding hydrogens is 304 g/mol. The van der Waals surface area contributed by atoms with E-state index in [1.807, 2.05) is 0 Å². The van der Waals surface area contributed by atoms with Crippen LogP contribution in [0.3, 0.4) is 0 Å². The molecule has 1 aliphatic rings. The molecule has 0 aliphatic heterocycles. The van der Waals surface area contributed by atoms with Crippen LogP contribution in [-0.4, -0.2) is 12.7 Å². The summed E-state index contributed by atoms with van der Waals surface area (Å²) in [5, 5.41) is 0. The minimum Gasteiger partial charge on any atom is -0.376 e. The summed E-state index contributed by atoms with van der Waals surface area (Å²) >= 11 is 3.06. The van der Waals surface area contributed by atoms with Crippen LogP contribution < -0.4 is 5.73 Å². The second kappa shape index (κ2) is 5.23. The Bertz CT molecular complexity index is 447. The Kier molecular flexibility index (Phi) is 4.04. The molecule has 100 valence electrons. The maximum Gasteiger partial charge on any atom is 0.145 e. The summed E-state index contributed by atoms with van der Waals surface area (Å²) in [5.41, 5.74) is 5.35. The van der Waals surface area contributed by atoms with Crippen LogP contribution in [-0.2, 0) is 4.74 Å². The molecule has 1 aliphatic carbocycles. The second-order valence-electron chi connectivity index (χ2n) is 4.71. The molecule has 1 saturated carbocycles. The van der Waals surface area contributed by atoms with E-state index in [1.54, 1.807) is 7.11 Å². The number of benzene rings is 1. The molecule has 2 rings (SSSR count). The van der Waals surface area contributed by atoms with Crippen molar-refractivity contribution in [1.29, 1.82) is 0 Å². The number of ether oxygens (including phenoxy) is 1. The van der Waals surface area contributed by atoms with E-state index in [2.05, 4.69) is 15.9 Å². The van der Waals surface area contributed by atoms with Gasteiger partial charge in [-0.25, -0.2) is 8.78 Å². The normalized spacial score (nSPS) is 20.1. The van der Waals surface area contributed by atoms with Gasteiger partial charge in [0.05, 0.1) is 16.1 Å². The van der Waals surface area contributed by atoms with Gasteiger partial charge in [-0.3, -0.25) is 0 Å². The Morgan fingerprint density at radius 3 is 2.50 bits per heavy atom. The van der Waals surface area contributed by atoms with Crippen molar-refractivity contribution in [2.24, 2.45) is 5.73 Å². The van der Waals surface area contributed by atoms with Crippen LogP contribution in [0.5, 0.6) is 0 Å². The molecule has 18 heavy (non-hydrogen) atoms. The number of hydrogen-bond donors (Lipinski definition) is 1. The zero-order valence-corrected chi connectivity index (χ0v) is 11.8. The smallest absolute Gasteiger partial charge is 0.145 e. The number of methoxy groups -OCH3 is 1. The predicted octanol–water partition coefficient (Wildman–Crippen LogP) is 3.69. The Morgan fingerprint density at radius 2 is 1.94 bits per heavy atom. The number of halogens is 3. The van der Waals surface area contributed by atoms with E-state index in [1.165, 1.54) is 12.1 Å². The highest BCUT2D eigenvalue weighted by Gasteiger charge is 2.42. The van der Waals surface area contributed by atoms with E-state index >= 15 is 0 Å². The van der Waals surface area contributed by atoms with Crippen molar-refractivity contribution in [1.82, 2.24) is 0 Å². The van der Waals surface area contributed by atoms with Crippen LogP contribution in [0.2, 0.25) is 0 Å². The van der Waals surface area contributed by atoms with E-state index in [-0.39, 0.29) is 10.0 Å². The van der Waals surface area contributed by atoms with Gasteiger partial charge >= 0.3 is 0 Å². The Balaban J connectivity index is 2.45. The third-order valence-electron chi connectivity index (χ3n) is 3.81. The molecule has 2 N–H and O–H groups in total. The molecule has 1 unspecified atom stereocenters. The van der Waals surface area contributed by atoms with Crippen molar-refractivity contribution in [3.63, 3.8) is 0 Å². The van der Waals surface area contributed by atoms with Crippen LogP contribution in [0.1, 0.15) is 37.3 Å². The highest BCUT2D eigenvalue weighted by molar-refractivity contribution is 9.10. The summed E-state index contributed by atoms with van der Waals surface area (Å²) in [5.74, 6) is -1.25. The maximum atomic E-state index is 14.1. The van der Waals surface area contributed by atoms with Crippen molar-refractivity contribution in [2.45, 2.75) is 37.3 Å². The lowest BCUT2D eigenvalue weighted by Gasteiger charge is -2.34. The third kappa shape index (κ3) is 2.19. The monoisotopic (exact) mass is 319 g/mol. The van der Waals surface area contributed by atoms with Gasteiger partial charge in [-0.05, 0) is 40.9 Å². The lowest BCUT2D eigenvalue weighted by Crippen LogP contribution is -2.41. The van der Waals surface area contributed by atoms with Crippen molar-refractivity contribution in [3.8, 4) is 0 Å². The minimum atomic E-state index is -0.789. The van der Waals surface area contributed by atoms with Crippen molar-refractivity contribution in [2.75, 3.05) is 7.11 Å². The first-order chi connectivity index (χ1) is 8.52. The van der Waals surface area contributed by atoms with Gasteiger partial charge in [0.2, 0.25) is 0 Å². The van der Waals surface area contributed by atoms with E-state index in [0.717, 1.165) is 25.7 Å². The molecule has 0 spiro atoms. The number of nitrogens with two attached hydrogens (primary N) is 1. The largest absolute Gasteiger partial charge is 0.376 e. The molecule has 0 bridgehead atoms. The summed E-state index contributed by atoms with van der Waals surface area (Å²) in [4.78, 5) is 0. The average molecular weight is 320 g/mol. The predicted molar refractivity (Wildman–Crippen MR) is 69.2 cm³/mol. The zero-order chi connectivity index (χ0) is 13.3. The molecule has 0 heterocycles. The van der Waals surface area contributed by atoms with Gasteiger partial charge in [0.25, 0.3) is 0 Å². The maximum absolute atomic E-state index is 14.1. The SMILES string of the molecule is COC1(C(N)c2c(F)ccc(Br)c2F)CCCC1. The van der Waals surface area contributed by atoms with Gasteiger partial charge in [-0.2, -0.15) is 0 Å². The first-order valence-electron chi connectivity index (χ1n) is 5.96. The fourth-order valence-electron chi connectivity index (χ4n) is 2.71.